The molecule has 5 rings (SSSR count). The van der Waals surface area contributed by atoms with Crippen molar-refractivity contribution >= 4 is 45.6 Å². The predicted octanol–water partition coefficient (Wildman–Crippen LogP) is 3.66. The van der Waals surface area contributed by atoms with Gasteiger partial charge in [0.25, 0.3) is 17.2 Å². The summed E-state index contributed by atoms with van der Waals surface area (Å²) in [5, 5.41) is 0.258. The minimum absolute atomic E-state index is 0.00375. The summed E-state index contributed by atoms with van der Waals surface area (Å²) in [7, 11) is 0. The number of primary amides is 1. The summed E-state index contributed by atoms with van der Waals surface area (Å²) in [6.45, 7) is 1.71. The number of nitrogens with two attached hydrogens (primary N) is 1. The van der Waals surface area contributed by atoms with E-state index in [9.17, 15) is 27.5 Å². The molecule has 1 aliphatic rings. The summed E-state index contributed by atoms with van der Waals surface area (Å²) < 4.78 is 57.7. The molecule has 1 fully saturated rings. The average molecular weight is 584 g/mol. The smallest absolute Gasteiger partial charge is 0.357 e. The Morgan fingerprint density at radius 2 is 1.88 bits per heavy atom. The van der Waals surface area contributed by atoms with E-state index in [0.29, 0.717) is 30.4 Å². The lowest BCUT2D eigenvalue weighted by molar-refractivity contribution is -0.128. The Morgan fingerprint density at radius 1 is 1.15 bits per heavy atom. The molecule has 0 saturated heterocycles. The number of carbonyl (C=O) groups is 3. The molecule has 3 aromatic heterocycles. The van der Waals surface area contributed by atoms with Crippen LogP contribution in [0.5, 0.6) is 0 Å². The summed E-state index contributed by atoms with van der Waals surface area (Å²) in [5.41, 5.74) is 3.88. The fourth-order valence-electron chi connectivity index (χ4n) is 4.34. The fourth-order valence-corrected chi connectivity index (χ4v) is 4.99. The maximum absolute atomic E-state index is 15.5. The third kappa shape index (κ3) is 5.18. The Bertz CT molecular complexity index is 1720. The van der Waals surface area contributed by atoms with E-state index in [4.69, 9.17) is 10.5 Å². The van der Waals surface area contributed by atoms with Gasteiger partial charge in [-0.25, -0.2) is 27.8 Å². The number of hydrogen-bond donors (Lipinski definition) is 3. The van der Waals surface area contributed by atoms with Crippen LogP contribution in [-0.4, -0.2) is 53.5 Å². The van der Waals surface area contributed by atoms with Crippen LogP contribution in [0.3, 0.4) is 0 Å². The second-order valence-electron chi connectivity index (χ2n) is 9.42. The highest BCUT2D eigenvalue weighted by molar-refractivity contribution is 7.80. The van der Waals surface area contributed by atoms with E-state index in [0.717, 1.165) is 16.4 Å². The van der Waals surface area contributed by atoms with Gasteiger partial charge in [0.2, 0.25) is 5.78 Å². The van der Waals surface area contributed by atoms with Crippen molar-refractivity contribution < 1.29 is 36.7 Å². The first-order chi connectivity index (χ1) is 19.6. The normalized spacial score (nSPS) is 14.4. The number of fused-ring (bicyclic) bond motifs is 1. The number of anilines is 1. The summed E-state index contributed by atoms with van der Waals surface area (Å²) in [6, 6.07) is 6.40. The van der Waals surface area contributed by atoms with Crippen molar-refractivity contribution in [2.75, 3.05) is 10.8 Å². The molecule has 0 radical (unpaired) electrons. The van der Waals surface area contributed by atoms with Crippen LogP contribution in [0.25, 0.3) is 22.2 Å². The van der Waals surface area contributed by atoms with Gasteiger partial charge in [0.05, 0.1) is 11.3 Å². The average Bonchev–Trinajstić information content (AvgIpc) is 3.61. The van der Waals surface area contributed by atoms with E-state index < -0.39 is 51.7 Å². The third-order valence-electron chi connectivity index (χ3n) is 6.70. The van der Waals surface area contributed by atoms with Gasteiger partial charge in [-0.1, -0.05) is 13.0 Å². The molecule has 41 heavy (non-hydrogen) atoms. The van der Waals surface area contributed by atoms with Gasteiger partial charge in [-0.2, -0.15) is 0 Å². The van der Waals surface area contributed by atoms with Gasteiger partial charge < -0.3 is 15.5 Å². The number of benzene rings is 1. The van der Waals surface area contributed by atoms with E-state index in [-0.39, 0.29) is 34.5 Å². The molecule has 1 saturated carbocycles. The first-order valence-corrected chi connectivity index (χ1v) is 13.5. The molecule has 14 heteroatoms. The lowest BCUT2D eigenvalue weighted by Gasteiger charge is -2.20. The minimum Gasteiger partial charge on any atom is -0.444 e. The number of hydrogen-bond acceptors (Lipinski definition) is 7. The predicted molar refractivity (Wildman–Crippen MR) is 144 cm³/mol. The monoisotopic (exact) mass is 583 g/mol. The van der Waals surface area contributed by atoms with Crippen molar-refractivity contribution in [1.29, 1.82) is 0 Å². The number of halogens is 2. The van der Waals surface area contributed by atoms with Gasteiger partial charge in [-0.3, -0.25) is 18.4 Å². The summed E-state index contributed by atoms with van der Waals surface area (Å²) in [5.74, 6) is -4.90. The molecule has 11 nitrogen and oxygen atoms in total. The number of esters is 1. The van der Waals surface area contributed by atoms with Gasteiger partial charge in [0, 0.05) is 60.1 Å². The number of aromatic amines is 1. The Kier molecular flexibility index (Phi) is 7.36. The Balaban J connectivity index is 1.46. The quantitative estimate of drug-likeness (QED) is 0.144. The molecule has 0 bridgehead atoms. The molecule has 1 aromatic carbocycles. The molecular formula is C27H23F2N5O6S. The molecule has 0 spiro atoms. The van der Waals surface area contributed by atoms with Gasteiger partial charge in [-0.05, 0) is 30.7 Å². The van der Waals surface area contributed by atoms with E-state index in [2.05, 4.69) is 15.0 Å². The summed E-state index contributed by atoms with van der Waals surface area (Å²) >= 11 is -2.60. The van der Waals surface area contributed by atoms with Crippen molar-refractivity contribution in [3.05, 3.63) is 77.4 Å². The maximum Gasteiger partial charge on any atom is 0.357 e. The number of pyridine rings is 2. The number of ketones is 1. The number of carbonyl (C=O) groups excluding carboxylic acids is 3. The number of rotatable bonds is 10. The lowest BCUT2D eigenvalue weighted by Crippen LogP contribution is -2.35. The van der Waals surface area contributed by atoms with Crippen molar-refractivity contribution in [1.82, 2.24) is 15.0 Å². The standard InChI is InChI=1S/C27H23F2N5O6S/c1-2-9-34(41(38)39)20-6-4-18(28)21(22(20)29)23(35)17-13-33-24-16(17)10-15(12-32-24)14-3-5-19(31-11-14)25(36)40-27(7-8-27)26(30)37/h3-6,10-13H,2,7-9H2,1H3,(H2,30,37)(H,32,33)(H,38,39). The lowest BCUT2D eigenvalue weighted by atomic mass is 10.00. The summed E-state index contributed by atoms with van der Waals surface area (Å²) in [6.07, 6.45) is 5.23. The zero-order valence-electron chi connectivity index (χ0n) is 21.5. The minimum atomic E-state index is -2.60. The van der Waals surface area contributed by atoms with Crippen LogP contribution in [-0.2, 0) is 20.8 Å². The highest BCUT2D eigenvalue weighted by atomic mass is 32.2. The molecular weight excluding hydrogens is 560 g/mol. The zero-order valence-corrected chi connectivity index (χ0v) is 22.3. The largest absolute Gasteiger partial charge is 0.444 e. The van der Waals surface area contributed by atoms with E-state index >= 15 is 4.39 Å². The van der Waals surface area contributed by atoms with Crippen LogP contribution >= 0.6 is 0 Å². The fraction of sp³-hybridized carbons (Fsp3) is 0.222. The molecule has 1 aliphatic carbocycles. The molecule has 3 heterocycles. The van der Waals surface area contributed by atoms with Gasteiger partial charge in [-0.15, -0.1) is 0 Å². The molecule has 1 unspecified atom stereocenters. The third-order valence-corrected chi connectivity index (χ3v) is 7.46. The van der Waals surface area contributed by atoms with Gasteiger partial charge in [0.1, 0.15) is 17.2 Å². The zero-order chi connectivity index (χ0) is 29.5. The van der Waals surface area contributed by atoms with Crippen LogP contribution in [0.2, 0.25) is 0 Å². The van der Waals surface area contributed by atoms with Crippen LogP contribution < -0.4 is 10.0 Å². The van der Waals surface area contributed by atoms with Crippen molar-refractivity contribution in [2.45, 2.75) is 31.8 Å². The SMILES string of the molecule is CCCN(c1ccc(F)c(C(=O)c2c[nH]c3ncc(-c4ccc(C(=O)OC5(C(N)=O)CC5)nc4)cc23)c1F)S(=O)O. The molecule has 212 valence electrons. The van der Waals surface area contributed by atoms with Gasteiger partial charge >= 0.3 is 5.97 Å². The van der Waals surface area contributed by atoms with E-state index in [1.807, 2.05) is 0 Å². The topological polar surface area (TPSA) is 169 Å². The van der Waals surface area contributed by atoms with Crippen LogP contribution in [0, 0.1) is 11.6 Å². The van der Waals surface area contributed by atoms with Crippen LogP contribution in [0.15, 0.2) is 48.9 Å². The molecule has 4 aromatic rings. The Morgan fingerprint density at radius 3 is 2.49 bits per heavy atom. The highest BCUT2D eigenvalue weighted by Crippen LogP contribution is 2.40. The number of H-pyrrole nitrogens is 1. The van der Waals surface area contributed by atoms with Gasteiger partial charge in [0.15, 0.2) is 11.4 Å². The van der Waals surface area contributed by atoms with Crippen molar-refractivity contribution in [2.24, 2.45) is 5.73 Å². The number of nitrogens with zero attached hydrogens (tertiary/aromatic N) is 3. The molecule has 1 atom stereocenters. The first-order valence-electron chi connectivity index (χ1n) is 12.4. The molecule has 0 aliphatic heterocycles. The van der Waals surface area contributed by atoms with E-state index in [1.165, 1.54) is 24.7 Å². The maximum atomic E-state index is 15.5. The summed E-state index contributed by atoms with van der Waals surface area (Å²) in [4.78, 5) is 48.5. The number of aromatic nitrogens is 3. The number of amides is 1. The second kappa shape index (κ2) is 10.8. The van der Waals surface area contributed by atoms with Crippen LogP contribution in [0.4, 0.5) is 14.5 Å². The van der Waals surface area contributed by atoms with E-state index in [1.54, 1.807) is 19.1 Å². The second-order valence-corrected chi connectivity index (χ2v) is 10.3. The van der Waals surface area contributed by atoms with Crippen molar-refractivity contribution in [3.8, 4) is 11.1 Å². The number of ether oxygens (including phenoxy) is 1. The van der Waals surface area contributed by atoms with Crippen molar-refractivity contribution in [3.63, 3.8) is 0 Å². The van der Waals surface area contributed by atoms with Crippen LogP contribution in [0.1, 0.15) is 52.6 Å². The highest BCUT2D eigenvalue weighted by Gasteiger charge is 2.53. The first kappa shape index (κ1) is 28.0. The Hall–Kier alpha value is -4.56. The molecule has 1 amide bonds. The molecule has 4 N–H and O–H groups in total. The Labute approximate surface area is 234 Å². The number of nitrogens with one attached hydrogen (secondary N) is 1.